The predicted octanol–water partition coefficient (Wildman–Crippen LogP) is 3.66. The zero-order chi connectivity index (χ0) is 15.5. The topological polar surface area (TPSA) is 55.4 Å². The van der Waals surface area contributed by atoms with E-state index in [-0.39, 0.29) is 0 Å². The van der Waals surface area contributed by atoms with Gasteiger partial charge in [0.25, 0.3) is 0 Å². The summed E-state index contributed by atoms with van der Waals surface area (Å²) in [6.45, 7) is 0.961. The molecule has 0 saturated carbocycles. The van der Waals surface area contributed by atoms with Gasteiger partial charge in [-0.2, -0.15) is 0 Å². The van der Waals surface area contributed by atoms with Crippen LogP contribution < -0.4 is 20.3 Å². The Morgan fingerprint density at radius 1 is 1.04 bits per heavy atom. The summed E-state index contributed by atoms with van der Waals surface area (Å²) < 4.78 is 10.7. The van der Waals surface area contributed by atoms with Gasteiger partial charge in [-0.05, 0) is 17.7 Å². The Bertz CT molecular complexity index is 805. The number of nitrogens with one attached hydrogen (secondary N) is 2. The number of nitrogens with zero attached hydrogens (tertiary/aromatic N) is 1. The van der Waals surface area contributed by atoms with Crippen molar-refractivity contribution in [2.75, 3.05) is 12.2 Å². The van der Waals surface area contributed by atoms with E-state index in [0.29, 0.717) is 13.3 Å². The summed E-state index contributed by atoms with van der Waals surface area (Å²) in [5, 5.41) is 2.88. The molecule has 5 nitrogen and oxygen atoms in total. The highest BCUT2D eigenvalue weighted by Crippen LogP contribution is 2.32. The Labute approximate surface area is 137 Å². The lowest BCUT2D eigenvalue weighted by Gasteiger charge is -2.06. The molecule has 2 aromatic carbocycles. The van der Waals surface area contributed by atoms with Crippen LogP contribution in [0.1, 0.15) is 5.56 Å². The fourth-order valence-corrected chi connectivity index (χ4v) is 3.04. The number of hydrazine groups is 1. The van der Waals surface area contributed by atoms with Gasteiger partial charge >= 0.3 is 0 Å². The number of hydrogen-bond acceptors (Lipinski definition) is 6. The van der Waals surface area contributed by atoms with Gasteiger partial charge in [-0.25, -0.2) is 10.4 Å². The maximum atomic E-state index is 5.38. The SMILES string of the molecule is c1ccc(-c2csc(NNCc3ccc4c(c3)OCO4)n2)cc1. The maximum Gasteiger partial charge on any atom is 0.231 e. The van der Waals surface area contributed by atoms with Gasteiger partial charge in [0, 0.05) is 17.5 Å². The Kier molecular flexibility index (Phi) is 3.83. The normalized spacial score (nSPS) is 12.3. The van der Waals surface area contributed by atoms with E-state index in [1.54, 1.807) is 11.3 Å². The van der Waals surface area contributed by atoms with E-state index < -0.39 is 0 Å². The van der Waals surface area contributed by atoms with Crippen molar-refractivity contribution in [3.05, 3.63) is 59.5 Å². The Morgan fingerprint density at radius 2 is 1.91 bits per heavy atom. The highest BCUT2D eigenvalue weighted by molar-refractivity contribution is 7.14. The molecule has 2 N–H and O–H groups in total. The standard InChI is InChI=1S/C17H15N3O2S/c1-2-4-13(5-3-1)14-10-23-17(19-14)20-18-9-12-6-7-15-16(8-12)22-11-21-15/h1-8,10,18H,9,11H2,(H,19,20). The van der Waals surface area contributed by atoms with Crippen LogP contribution in [-0.2, 0) is 6.54 Å². The number of anilines is 1. The van der Waals surface area contributed by atoms with Gasteiger partial charge in [-0.3, -0.25) is 5.43 Å². The molecule has 0 unspecified atom stereocenters. The molecule has 6 heteroatoms. The van der Waals surface area contributed by atoms with Gasteiger partial charge in [0.2, 0.25) is 6.79 Å². The van der Waals surface area contributed by atoms with Crippen LogP contribution in [0.5, 0.6) is 11.5 Å². The van der Waals surface area contributed by atoms with E-state index in [9.17, 15) is 0 Å². The third-order valence-electron chi connectivity index (χ3n) is 3.50. The zero-order valence-electron chi connectivity index (χ0n) is 12.3. The van der Waals surface area contributed by atoms with Crippen LogP contribution in [-0.4, -0.2) is 11.8 Å². The molecule has 1 aliphatic heterocycles. The lowest BCUT2D eigenvalue weighted by Crippen LogP contribution is -2.20. The van der Waals surface area contributed by atoms with Crippen molar-refractivity contribution in [3.63, 3.8) is 0 Å². The van der Waals surface area contributed by atoms with E-state index >= 15 is 0 Å². The van der Waals surface area contributed by atoms with Crippen molar-refractivity contribution in [2.45, 2.75) is 6.54 Å². The third kappa shape index (κ3) is 3.13. The van der Waals surface area contributed by atoms with Crippen LogP contribution in [0.25, 0.3) is 11.3 Å². The summed E-state index contributed by atoms with van der Waals surface area (Å²) in [5.74, 6) is 1.60. The summed E-state index contributed by atoms with van der Waals surface area (Å²) in [6, 6.07) is 16.1. The quantitative estimate of drug-likeness (QED) is 0.701. The molecule has 0 saturated heterocycles. The summed E-state index contributed by atoms with van der Waals surface area (Å²) >= 11 is 1.57. The van der Waals surface area contributed by atoms with Gasteiger partial charge in [-0.1, -0.05) is 36.4 Å². The van der Waals surface area contributed by atoms with Crippen LogP contribution in [0.2, 0.25) is 0 Å². The van der Waals surface area contributed by atoms with E-state index in [1.165, 1.54) is 0 Å². The second-order valence-electron chi connectivity index (χ2n) is 5.07. The number of fused-ring (bicyclic) bond motifs is 1. The van der Waals surface area contributed by atoms with Crippen molar-refractivity contribution in [2.24, 2.45) is 0 Å². The van der Waals surface area contributed by atoms with Gasteiger partial charge in [0.05, 0.1) is 5.69 Å². The van der Waals surface area contributed by atoms with Crippen LogP contribution in [0, 0.1) is 0 Å². The smallest absolute Gasteiger partial charge is 0.231 e. The van der Waals surface area contributed by atoms with Crippen molar-refractivity contribution >= 4 is 16.5 Å². The second kappa shape index (κ2) is 6.28. The first-order valence-corrected chi connectivity index (χ1v) is 8.15. The Balaban J connectivity index is 1.36. The molecule has 23 heavy (non-hydrogen) atoms. The molecular formula is C17H15N3O2S. The molecular weight excluding hydrogens is 310 g/mol. The van der Waals surface area contributed by atoms with Crippen LogP contribution in [0.3, 0.4) is 0 Å². The Morgan fingerprint density at radius 3 is 2.83 bits per heavy atom. The summed E-state index contributed by atoms with van der Waals surface area (Å²) in [6.07, 6.45) is 0. The molecule has 116 valence electrons. The average molecular weight is 325 g/mol. The number of thiazole rings is 1. The van der Waals surface area contributed by atoms with Gasteiger partial charge in [0.15, 0.2) is 16.6 Å². The minimum atomic E-state index is 0.297. The summed E-state index contributed by atoms with van der Waals surface area (Å²) in [5.41, 5.74) is 9.52. The number of benzene rings is 2. The minimum absolute atomic E-state index is 0.297. The lowest BCUT2D eigenvalue weighted by atomic mass is 10.2. The number of aromatic nitrogens is 1. The third-order valence-corrected chi connectivity index (χ3v) is 4.26. The number of rotatable bonds is 5. The van der Waals surface area contributed by atoms with Gasteiger partial charge < -0.3 is 9.47 Å². The fourth-order valence-electron chi connectivity index (χ4n) is 2.35. The van der Waals surface area contributed by atoms with Crippen LogP contribution in [0.15, 0.2) is 53.9 Å². The van der Waals surface area contributed by atoms with E-state index in [0.717, 1.165) is 33.5 Å². The highest BCUT2D eigenvalue weighted by Gasteiger charge is 2.12. The largest absolute Gasteiger partial charge is 0.454 e. The lowest BCUT2D eigenvalue weighted by molar-refractivity contribution is 0.174. The van der Waals surface area contributed by atoms with E-state index in [4.69, 9.17) is 9.47 Å². The average Bonchev–Trinajstić information content (AvgIpc) is 3.24. The first-order valence-electron chi connectivity index (χ1n) is 7.27. The monoisotopic (exact) mass is 325 g/mol. The summed E-state index contributed by atoms with van der Waals surface area (Å²) in [4.78, 5) is 4.57. The van der Waals surface area contributed by atoms with Crippen LogP contribution >= 0.6 is 11.3 Å². The minimum Gasteiger partial charge on any atom is -0.454 e. The molecule has 0 aliphatic carbocycles. The molecule has 2 heterocycles. The molecule has 0 amide bonds. The van der Waals surface area contributed by atoms with Crippen molar-refractivity contribution in [1.82, 2.24) is 10.4 Å². The van der Waals surface area contributed by atoms with Gasteiger partial charge in [-0.15, -0.1) is 11.3 Å². The van der Waals surface area contributed by atoms with Crippen molar-refractivity contribution < 1.29 is 9.47 Å². The fraction of sp³-hybridized carbons (Fsp3) is 0.118. The van der Waals surface area contributed by atoms with E-state index in [2.05, 4.69) is 28.0 Å². The van der Waals surface area contributed by atoms with Gasteiger partial charge in [0.1, 0.15) is 0 Å². The maximum absolute atomic E-state index is 5.38. The van der Waals surface area contributed by atoms with Crippen LogP contribution in [0.4, 0.5) is 5.13 Å². The molecule has 1 aromatic heterocycles. The zero-order valence-corrected chi connectivity index (χ0v) is 13.1. The molecule has 0 atom stereocenters. The van der Waals surface area contributed by atoms with E-state index in [1.807, 2.05) is 41.8 Å². The number of ether oxygens (including phenoxy) is 2. The molecule has 0 fully saturated rings. The molecule has 0 bridgehead atoms. The predicted molar refractivity (Wildman–Crippen MR) is 90.6 cm³/mol. The first kappa shape index (κ1) is 14.0. The molecule has 1 aliphatic rings. The molecule has 0 radical (unpaired) electrons. The van der Waals surface area contributed by atoms with Crippen molar-refractivity contribution in [3.8, 4) is 22.8 Å². The number of hydrogen-bond donors (Lipinski definition) is 2. The second-order valence-corrected chi connectivity index (χ2v) is 5.93. The highest BCUT2D eigenvalue weighted by atomic mass is 32.1. The molecule has 3 aromatic rings. The molecule has 0 spiro atoms. The Hall–Kier alpha value is -2.57. The summed E-state index contributed by atoms with van der Waals surface area (Å²) in [7, 11) is 0. The van der Waals surface area contributed by atoms with Crippen molar-refractivity contribution in [1.29, 1.82) is 0 Å². The molecule has 4 rings (SSSR count). The first-order chi connectivity index (χ1) is 11.4.